The topological polar surface area (TPSA) is 35.3 Å². The highest BCUT2D eigenvalue weighted by molar-refractivity contribution is 5.66. The maximum atomic E-state index is 5.90. The normalized spacial score (nSPS) is 11.6. The Bertz CT molecular complexity index is 538. The smallest absolute Gasteiger partial charge is 0.134 e. The standard InChI is InChI=1S/C16H21NO2/c1-12-11-14(17-19-12)13-7-5-6-8-15(13)18-10-9-16(2,3)4/h5-8,11H,9-10H2,1-4H3. The van der Waals surface area contributed by atoms with Crippen LogP contribution in [0.1, 0.15) is 33.0 Å². The zero-order valence-corrected chi connectivity index (χ0v) is 12.1. The summed E-state index contributed by atoms with van der Waals surface area (Å²) in [7, 11) is 0. The summed E-state index contributed by atoms with van der Waals surface area (Å²) in [6.45, 7) is 9.23. The summed E-state index contributed by atoms with van der Waals surface area (Å²) in [6.07, 6.45) is 1.01. The monoisotopic (exact) mass is 259 g/mol. The van der Waals surface area contributed by atoms with Gasteiger partial charge in [-0.3, -0.25) is 0 Å². The minimum atomic E-state index is 0.277. The first-order valence-corrected chi connectivity index (χ1v) is 6.61. The van der Waals surface area contributed by atoms with Crippen LogP contribution in [0.25, 0.3) is 11.3 Å². The predicted octanol–water partition coefficient (Wildman–Crippen LogP) is 4.47. The van der Waals surface area contributed by atoms with Gasteiger partial charge in [-0.1, -0.05) is 38.1 Å². The fraction of sp³-hybridized carbons (Fsp3) is 0.438. The van der Waals surface area contributed by atoms with Crippen LogP contribution in [0, 0.1) is 12.3 Å². The van der Waals surface area contributed by atoms with E-state index in [0.29, 0.717) is 6.61 Å². The molecule has 0 aliphatic rings. The second-order valence-corrected chi connectivity index (χ2v) is 5.98. The molecule has 0 bridgehead atoms. The zero-order chi connectivity index (χ0) is 13.9. The number of aromatic nitrogens is 1. The number of aryl methyl sites for hydroxylation is 1. The Kier molecular flexibility index (Phi) is 3.93. The SMILES string of the molecule is Cc1cc(-c2ccccc2OCCC(C)(C)C)no1. The van der Waals surface area contributed by atoms with E-state index in [4.69, 9.17) is 9.26 Å². The summed E-state index contributed by atoms with van der Waals surface area (Å²) in [6, 6.07) is 9.86. The molecule has 0 amide bonds. The Morgan fingerprint density at radius 3 is 2.58 bits per heavy atom. The predicted molar refractivity (Wildman–Crippen MR) is 76.2 cm³/mol. The van der Waals surface area contributed by atoms with Crippen molar-refractivity contribution in [3.8, 4) is 17.0 Å². The molecular weight excluding hydrogens is 238 g/mol. The van der Waals surface area contributed by atoms with Gasteiger partial charge in [-0.15, -0.1) is 0 Å². The number of hydrogen-bond acceptors (Lipinski definition) is 3. The van der Waals surface area contributed by atoms with Crippen molar-refractivity contribution in [1.82, 2.24) is 5.16 Å². The molecule has 3 heteroatoms. The van der Waals surface area contributed by atoms with Crippen LogP contribution < -0.4 is 4.74 Å². The second kappa shape index (κ2) is 5.47. The highest BCUT2D eigenvalue weighted by atomic mass is 16.5. The molecule has 102 valence electrons. The van der Waals surface area contributed by atoms with E-state index in [-0.39, 0.29) is 5.41 Å². The summed E-state index contributed by atoms with van der Waals surface area (Å²) < 4.78 is 11.0. The Balaban J connectivity index is 2.13. The van der Waals surface area contributed by atoms with Gasteiger partial charge in [-0.2, -0.15) is 0 Å². The zero-order valence-electron chi connectivity index (χ0n) is 12.1. The van der Waals surface area contributed by atoms with E-state index >= 15 is 0 Å². The lowest BCUT2D eigenvalue weighted by Gasteiger charge is -2.18. The molecule has 1 aromatic carbocycles. The molecule has 3 nitrogen and oxygen atoms in total. The van der Waals surface area contributed by atoms with Crippen molar-refractivity contribution >= 4 is 0 Å². The molecule has 19 heavy (non-hydrogen) atoms. The number of rotatable bonds is 4. The molecule has 0 aliphatic heterocycles. The molecular formula is C16H21NO2. The average molecular weight is 259 g/mol. The highest BCUT2D eigenvalue weighted by Crippen LogP contribution is 2.30. The van der Waals surface area contributed by atoms with E-state index in [1.165, 1.54) is 0 Å². The first-order chi connectivity index (χ1) is 8.96. The summed E-state index contributed by atoms with van der Waals surface area (Å²) in [4.78, 5) is 0. The number of hydrogen-bond donors (Lipinski definition) is 0. The van der Waals surface area contributed by atoms with Crippen LogP contribution in [0.3, 0.4) is 0 Å². The van der Waals surface area contributed by atoms with E-state index in [2.05, 4.69) is 25.9 Å². The van der Waals surface area contributed by atoms with E-state index in [9.17, 15) is 0 Å². The first-order valence-electron chi connectivity index (χ1n) is 6.61. The largest absolute Gasteiger partial charge is 0.493 e. The minimum absolute atomic E-state index is 0.277. The average Bonchev–Trinajstić information content (AvgIpc) is 2.75. The third kappa shape index (κ3) is 3.85. The van der Waals surface area contributed by atoms with Gasteiger partial charge in [0.05, 0.1) is 6.61 Å². The van der Waals surface area contributed by atoms with Crippen LogP contribution in [0.4, 0.5) is 0 Å². The molecule has 0 saturated heterocycles. The molecule has 1 aromatic heterocycles. The summed E-state index contributed by atoms with van der Waals surface area (Å²) in [5, 5.41) is 4.05. The maximum Gasteiger partial charge on any atom is 0.134 e. The van der Waals surface area contributed by atoms with Crippen LogP contribution in [0.2, 0.25) is 0 Å². The summed E-state index contributed by atoms with van der Waals surface area (Å²) in [5.74, 6) is 1.67. The molecule has 0 atom stereocenters. The molecule has 0 spiro atoms. The van der Waals surface area contributed by atoms with Crippen LogP contribution in [0.15, 0.2) is 34.9 Å². The molecule has 2 rings (SSSR count). The van der Waals surface area contributed by atoms with Crippen LogP contribution in [-0.2, 0) is 0 Å². The molecule has 0 aliphatic carbocycles. The third-order valence-electron chi connectivity index (χ3n) is 2.90. The van der Waals surface area contributed by atoms with Gasteiger partial charge >= 0.3 is 0 Å². The molecule has 1 heterocycles. The van der Waals surface area contributed by atoms with Crippen molar-refractivity contribution < 1.29 is 9.26 Å². The van der Waals surface area contributed by atoms with E-state index in [1.807, 2.05) is 37.3 Å². The van der Waals surface area contributed by atoms with Gasteiger partial charge in [0.2, 0.25) is 0 Å². The Labute approximate surface area is 114 Å². The van der Waals surface area contributed by atoms with Crippen molar-refractivity contribution in [2.24, 2.45) is 5.41 Å². The first kappa shape index (κ1) is 13.7. The molecule has 0 N–H and O–H groups in total. The number of ether oxygens (including phenoxy) is 1. The Hall–Kier alpha value is -1.77. The lowest BCUT2D eigenvalue weighted by molar-refractivity contribution is 0.243. The molecule has 0 radical (unpaired) electrons. The van der Waals surface area contributed by atoms with Gasteiger partial charge in [0.25, 0.3) is 0 Å². The van der Waals surface area contributed by atoms with Crippen LogP contribution in [0.5, 0.6) is 5.75 Å². The number of nitrogens with zero attached hydrogens (tertiary/aromatic N) is 1. The second-order valence-electron chi connectivity index (χ2n) is 5.98. The number of benzene rings is 1. The van der Waals surface area contributed by atoms with Crippen molar-refractivity contribution in [1.29, 1.82) is 0 Å². The fourth-order valence-electron chi connectivity index (χ4n) is 1.76. The minimum Gasteiger partial charge on any atom is -0.493 e. The Morgan fingerprint density at radius 1 is 1.21 bits per heavy atom. The van der Waals surface area contributed by atoms with E-state index < -0.39 is 0 Å². The summed E-state index contributed by atoms with van der Waals surface area (Å²) >= 11 is 0. The van der Waals surface area contributed by atoms with Crippen molar-refractivity contribution in [2.75, 3.05) is 6.61 Å². The van der Waals surface area contributed by atoms with Gasteiger partial charge < -0.3 is 9.26 Å². The quantitative estimate of drug-likeness (QED) is 0.812. The molecule has 0 unspecified atom stereocenters. The lowest BCUT2D eigenvalue weighted by atomic mass is 9.93. The lowest BCUT2D eigenvalue weighted by Crippen LogP contribution is -2.11. The van der Waals surface area contributed by atoms with Gasteiger partial charge in [0.15, 0.2) is 0 Å². The fourth-order valence-corrected chi connectivity index (χ4v) is 1.76. The highest BCUT2D eigenvalue weighted by Gasteiger charge is 2.13. The van der Waals surface area contributed by atoms with Gasteiger partial charge in [0.1, 0.15) is 17.2 Å². The molecule has 2 aromatic rings. The molecule has 0 fully saturated rings. The maximum absolute atomic E-state index is 5.90. The van der Waals surface area contributed by atoms with E-state index in [0.717, 1.165) is 29.2 Å². The number of para-hydroxylation sites is 1. The van der Waals surface area contributed by atoms with Crippen LogP contribution >= 0.6 is 0 Å². The van der Waals surface area contributed by atoms with Crippen molar-refractivity contribution in [3.05, 3.63) is 36.1 Å². The van der Waals surface area contributed by atoms with Crippen molar-refractivity contribution in [2.45, 2.75) is 34.1 Å². The summed E-state index contributed by atoms with van der Waals surface area (Å²) in [5.41, 5.74) is 2.08. The van der Waals surface area contributed by atoms with Gasteiger partial charge in [0, 0.05) is 11.6 Å². The van der Waals surface area contributed by atoms with Gasteiger partial charge in [-0.05, 0) is 30.9 Å². The van der Waals surface area contributed by atoms with Gasteiger partial charge in [-0.25, -0.2) is 0 Å². The Morgan fingerprint density at radius 2 is 1.95 bits per heavy atom. The van der Waals surface area contributed by atoms with Crippen molar-refractivity contribution in [3.63, 3.8) is 0 Å². The van der Waals surface area contributed by atoms with Crippen LogP contribution in [-0.4, -0.2) is 11.8 Å². The van der Waals surface area contributed by atoms with E-state index in [1.54, 1.807) is 0 Å². The third-order valence-corrected chi connectivity index (χ3v) is 2.90. The molecule has 0 saturated carbocycles.